The fourth-order valence-electron chi connectivity index (χ4n) is 6.82. The minimum absolute atomic E-state index is 0.188. The number of rotatable bonds is 6. The monoisotopic (exact) mass is 539 g/mol. The summed E-state index contributed by atoms with van der Waals surface area (Å²) in [5.41, 5.74) is -0.417. The Morgan fingerprint density at radius 1 is 0.816 bits per heavy atom. The van der Waals surface area contributed by atoms with Crippen LogP contribution in [0, 0.1) is 29.0 Å². The standard InChI is InChI=1S/C18H14FS.C14H20F2O2/c19-15-8-7-13-18(14-15)20(16-9-3-1-4-10-16)17-11-5-2-6-12-17;1-13(15,16)8-18-12(17)14-5-9-2-10(6-14)4-11(3-9)7-14/h1-14H;9-11H,2-8H2,1H3/q+1;. The maximum absolute atomic E-state index is 13.6. The average molecular weight is 540 g/mol. The fourth-order valence-corrected chi connectivity index (χ4v) is 8.94. The van der Waals surface area contributed by atoms with Gasteiger partial charge in [-0.15, -0.1) is 0 Å². The van der Waals surface area contributed by atoms with Crippen molar-refractivity contribution >= 4 is 16.9 Å². The molecule has 0 radical (unpaired) electrons. The summed E-state index contributed by atoms with van der Waals surface area (Å²) >= 11 is 0. The van der Waals surface area contributed by atoms with Gasteiger partial charge in [0.05, 0.1) is 16.3 Å². The van der Waals surface area contributed by atoms with Gasteiger partial charge in [-0.05, 0) is 92.7 Å². The first-order valence-corrected chi connectivity index (χ1v) is 14.6. The van der Waals surface area contributed by atoms with E-state index in [0.717, 1.165) is 31.1 Å². The molecule has 0 unspecified atom stereocenters. The van der Waals surface area contributed by atoms with Gasteiger partial charge in [0.2, 0.25) is 0 Å². The van der Waals surface area contributed by atoms with E-state index in [0.29, 0.717) is 17.8 Å². The molecule has 3 aromatic carbocycles. The lowest BCUT2D eigenvalue weighted by atomic mass is 9.49. The van der Waals surface area contributed by atoms with Crippen molar-refractivity contribution in [3.05, 3.63) is 90.7 Å². The van der Waals surface area contributed by atoms with Gasteiger partial charge in [0, 0.05) is 13.0 Å². The summed E-state index contributed by atoms with van der Waals surface area (Å²) in [6.07, 6.45) is 6.30. The van der Waals surface area contributed by atoms with Crippen LogP contribution in [0.1, 0.15) is 45.4 Å². The zero-order chi connectivity index (χ0) is 26.8. The zero-order valence-corrected chi connectivity index (χ0v) is 22.4. The van der Waals surface area contributed by atoms with Crippen LogP contribution in [0.15, 0.2) is 99.6 Å². The molecule has 6 heteroatoms. The number of carbonyl (C=O) groups excluding carboxylic acids is 1. The number of carbonyl (C=O) groups is 1. The quantitative estimate of drug-likeness (QED) is 0.233. The highest BCUT2D eigenvalue weighted by Crippen LogP contribution is 2.60. The number of hydrogen-bond donors (Lipinski definition) is 0. The van der Waals surface area contributed by atoms with E-state index in [2.05, 4.69) is 24.3 Å². The van der Waals surface area contributed by atoms with E-state index in [-0.39, 0.29) is 22.7 Å². The van der Waals surface area contributed by atoms with E-state index < -0.39 is 17.9 Å². The van der Waals surface area contributed by atoms with Crippen molar-refractivity contribution in [1.82, 2.24) is 0 Å². The summed E-state index contributed by atoms with van der Waals surface area (Å²) in [5, 5.41) is 0. The summed E-state index contributed by atoms with van der Waals surface area (Å²) in [6, 6.07) is 27.4. The Morgan fingerprint density at radius 2 is 1.29 bits per heavy atom. The predicted molar refractivity (Wildman–Crippen MR) is 144 cm³/mol. The van der Waals surface area contributed by atoms with Gasteiger partial charge in [0.15, 0.2) is 21.3 Å². The second-order valence-corrected chi connectivity index (χ2v) is 13.3. The SMILES string of the molecule is CC(F)(F)COC(=O)C12CC3CC(CC(C3)C1)C2.Fc1cccc([S+](c2ccccc2)c2ccccc2)c1. The molecule has 0 aromatic heterocycles. The Labute approximate surface area is 226 Å². The highest BCUT2D eigenvalue weighted by atomic mass is 32.2. The molecule has 38 heavy (non-hydrogen) atoms. The number of halogens is 3. The minimum atomic E-state index is -2.92. The zero-order valence-electron chi connectivity index (χ0n) is 21.6. The lowest BCUT2D eigenvalue weighted by molar-refractivity contribution is -0.180. The molecule has 4 fully saturated rings. The number of ether oxygens (including phenoxy) is 1. The van der Waals surface area contributed by atoms with Crippen LogP contribution in [0.4, 0.5) is 13.2 Å². The molecule has 2 nitrogen and oxygen atoms in total. The van der Waals surface area contributed by atoms with Crippen LogP contribution in [0.2, 0.25) is 0 Å². The van der Waals surface area contributed by atoms with Crippen molar-refractivity contribution in [2.45, 2.75) is 66.1 Å². The van der Waals surface area contributed by atoms with Crippen molar-refractivity contribution in [2.75, 3.05) is 6.61 Å². The molecule has 7 rings (SSSR count). The number of benzene rings is 3. The van der Waals surface area contributed by atoms with E-state index >= 15 is 0 Å². The highest BCUT2D eigenvalue weighted by molar-refractivity contribution is 7.97. The molecule has 0 aliphatic heterocycles. The molecule has 0 N–H and O–H groups in total. The van der Waals surface area contributed by atoms with E-state index in [9.17, 15) is 18.0 Å². The number of esters is 1. The van der Waals surface area contributed by atoms with Crippen LogP contribution < -0.4 is 0 Å². The summed E-state index contributed by atoms with van der Waals surface area (Å²) in [7, 11) is -0.265. The number of hydrogen-bond acceptors (Lipinski definition) is 2. The molecular weight excluding hydrogens is 505 g/mol. The maximum Gasteiger partial charge on any atom is 0.312 e. The Morgan fingerprint density at radius 3 is 1.74 bits per heavy atom. The molecule has 200 valence electrons. The second-order valence-electron chi connectivity index (χ2n) is 11.2. The van der Waals surface area contributed by atoms with Crippen molar-refractivity contribution in [3.8, 4) is 0 Å². The normalized spacial score (nSPS) is 25.6. The first kappa shape index (κ1) is 26.9. The van der Waals surface area contributed by atoms with Crippen LogP contribution in [0.5, 0.6) is 0 Å². The largest absolute Gasteiger partial charge is 0.459 e. The molecule has 0 atom stereocenters. The summed E-state index contributed by atoms with van der Waals surface area (Å²) in [5.74, 6) is -1.57. The highest BCUT2D eigenvalue weighted by Gasteiger charge is 2.55. The van der Waals surface area contributed by atoms with E-state index in [1.807, 2.05) is 42.5 Å². The second kappa shape index (κ2) is 11.2. The van der Waals surface area contributed by atoms with Crippen LogP contribution in [0.25, 0.3) is 0 Å². The Hall–Kier alpha value is -2.73. The van der Waals surface area contributed by atoms with Gasteiger partial charge in [0.1, 0.15) is 5.82 Å². The third-order valence-corrected chi connectivity index (χ3v) is 10.1. The van der Waals surface area contributed by atoms with E-state index in [1.165, 1.54) is 35.1 Å². The lowest BCUT2D eigenvalue weighted by Crippen LogP contribution is -2.51. The topological polar surface area (TPSA) is 26.3 Å². The van der Waals surface area contributed by atoms with E-state index in [4.69, 9.17) is 4.74 Å². The molecule has 4 aliphatic carbocycles. The smallest absolute Gasteiger partial charge is 0.312 e. The first-order valence-electron chi connectivity index (χ1n) is 13.4. The molecule has 4 aliphatic rings. The van der Waals surface area contributed by atoms with Crippen molar-refractivity contribution < 1.29 is 22.7 Å². The van der Waals surface area contributed by atoms with Gasteiger partial charge in [-0.3, -0.25) is 4.79 Å². The molecular formula is C32H34F3O2S+. The molecule has 0 saturated heterocycles. The third-order valence-electron chi connectivity index (χ3n) is 7.92. The first-order chi connectivity index (χ1) is 18.2. The van der Waals surface area contributed by atoms with Crippen LogP contribution in [-0.4, -0.2) is 18.5 Å². The van der Waals surface area contributed by atoms with Gasteiger partial charge in [-0.2, -0.15) is 0 Å². The minimum Gasteiger partial charge on any atom is -0.459 e. The number of alkyl halides is 2. The van der Waals surface area contributed by atoms with Crippen molar-refractivity contribution in [2.24, 2.45) is 23.2 Å². The molecule has 0 amide bonds. The predicted octanol–water partition coefficient (Wildman–Crippen LogP) is 8.32. The lowest BCUT2D eigenvalue weighted by Gasteiger charge is -2.55. The van der Waals surface area contributed by atoms with Crippen LogP contribution >= 0.6 is 0 Å². The Balaban J connectivity index is 0.000000156. The van der Waals surface area contributed by atoms with Crippen LogP contribution in [-0.2, 0) is 20.4 Å². The molecule has 3 aromatic rings. The van der Waals surface area contributed by atoms with E-state index in [1.54, 1.807) is 12.1 Å². The van der Waals surface area contributed by atoms with Crippen molar-refractivity contribution in [3.63, 3.8) is 0 Å². The average Bonchev–Trinajstić information content (AvgIpc) is 2.88. The van der Waals surface area contributed by atoms with Gasteiger partial charge in [-0.1, -0.05) is 42.5 Å². The summed E-state index contributed by atoms with van der Waals surface area (Å²) in [4.78, 5) is 15.6. The fraction of sp³-hybridized carbons (Fsp3) is 0.406. The maximum atomic E-state index is 13.6. The van der Waals surface area contributed by atoms with Crippen LogP contribution in [0.3, 0.4) is 0 Å². The Kier molecular flexibility index (Phi) is 7.90. The summed E-state index contributed by atoms with van der Waals surface area (Å²) < 4.78 is 44.0. The van der Waals surface area contributed by atoms with Gasteiger partial charge >= 0.3 is 5.97 Å². The summed E-state index contributed by atoms with van der Waals surface area (Å²) in [6.45, 7) is 0.0214. The molecule has 4 saturated carbocycles. The Bertz CT molecular complexity index is 1150. The van der Waals surface area contributed by atoms with Gasteiger partial charge < -0.3 is 4.74 Å². The molecule has 0 heterocycles. The third kappa shape index (κ3) is 6.28. The molecule has 0 spiro atoms. The van der Waals surface area contributed by atoms with Crippen molar-refractivity contribution in [1.29, 1.82) is 0 Å². The van der Waals surface area contributed by atoms with Gasteiger partial charge in [-0.25, -0.2) is 13.2 Å². The van der Waals surface area contributed by atoms with Gasteiger partial charge in [0.25, 0.3) is 5.92 Å². The molecule has 4 bridgehead atoms.